The van der Waals surface area contributed by atoms with Gasteiger partial charge in [0, 0.05) is 26.9 Å². The van der Waals surface area contributed by atoms with E-state index in [-0.39, 0.29) is 5.82 Å². The van der Waals surface area contributed by atoms with Crippen LogP contribution in [0.2, 0.25) is 5.02 Å². The molecule has 0 fully saturated rings. The van der Waals surface area contributed by atoms with E-state index in [4.69, 9.17) is 11.6 Å². The van der Waals surface area contributed by atoms with Gasteiger partial charge in [0.2, 0.25) is 0 Å². The maximum Gasteiger partial charge on any atom is 0.123 e. The number of rotatable bonds is 5. The monoisotopic (exact) mass is 283 g/mol. The predicted octanol–water partition coefficient (Wildman–Crippen LogP) is 4.71. The minimum absolute atomic E-state index is 0.256. The van der Waals surface area contributed by atoms with E-state index < -0.39 is 0 Å². The third-order valence-electron chi connectivity index (χ3n) is 2.58. The van der Waals surface area contributed by atoms with Gasteiger partial charge in [-0.15, -0.1) is 11.3 Å². The van der Waals surface area contributed by atoms with E-state index in [1.54, 1.807) is 17.4 Å². The van der Waals surface area contributed by atoms with Crippen molar-refractivity contribution < 1.29 is 4.39 Å². The fourth-order valence-electron chi connectivity index (χ4n) is 1.69. The Morgan fingerprint density at radius 1 is 1.28 bits per heavy atom. The minimum atomic E-state index is -0.256. The molecule has 1 heterocycles. The molecule has 0 aliphatic carbocycles. The summed E-state index contributed by atoms with van der Waals surface area (Å²) in [5.41, 5.74) is 0.767. The van der Waals surface area contributed by atoms with Crippen molar-refractivity contribution in [1.29, 1.82) is 0 Å². The van der Waals surface area contributed by atoms with Crippen LogP contribution in [0.1, 0.15) is 18.2 Å². The summed E-state index contributed by atoms with van der Waals surface area (Å²) in [6.07, 6.45) is 1.12. The molecule has 0 aliphatic rings. The molecule has 1 aromatic carbocycles. The van der Waals surface area contributed by atoms with Crippen LogP contribution in [0.15, 0.2) is 30.3 Å². The fourth-order valence-corrected chi connectivity index (χ4v) is 2.98. The summed E-state index contributed by atoms with van der Waals surface area (Å²) in [5.74, 6) is -0.256. The van der Waals surface area contributed by atoms with E-state index in [1.165, 1.54) is 17.0 Å². The zero-order valence-corrected chi connectivity index (χ0v) is 11.7. The van der Waals surface area contributed by atoms with E-state index in [0.29, 0.717) is 5.02 Å². The maximum atomic E-state index is 13.2. The molecule has 1 nitrogen and oxygen atoms in total. The summed E-state index contributed by atoms with van der Waals surface area (Å²) in [7, 11) is 0. The third-order valence-corrected chi connectivity index (χ3v) is 4.03. The lowest BCUT2D eigenvalue weighted by molar-refractivity contribution is 0.628. The molecule has 18 heavy (non-hydrogen) atoms. The van der Waals surface area contributed by atoms with Crippen molar-refractivity contribution in [3.05, 3.63) is 46.0 Å². The highest BCUT2D eigenvalue weighted by molar-refractivity contribution is 7.15. The molecule has 4 heteroatoms. The lowest BCUT2D eigenvalue weighted by Gasteiger charge is -2.01. The number of hydrogen-bond acceptors (Lipinski definition) is 2. The Morgan fingerprint density at radius 2 is 2.11 bits per heavy atom. The molecule has 0 saturated carbocycles. The summed E-state index contributed by atoms with van der Waals surface area (Å²) in [4.78, 5) is 2.24. The van der Waals surface area contributed by atoms with Crippen molar-refractivity contribution in [1.82, 2.24) is 5.32 Å². The van der Waals surface area contributed by atoms with Crippen LogP contribution in [-0.4, -0.2) is 6.54 Å². The molecule has 0 bridgehead atoms. The zero-order valence-electron chi connectivity index (χ0n) is 10.2. The minimum Gasteiger partial charge on any atom is -0.312 e. The van der Waals surface area contributed by atoms with Gasteiger partial charge in [0.25, 0.3) is 0 Å². The third kappa shape index (κ3) is 3.31. The van der Waals surface area contributed by atoms with E-state index >= 15 is 0 Å². The Kier molecular flexibility index (Phi) is 4.75. The van der Waals surface area contributed by atoms with Crippen LogP contribution in [0.3, 0.4) is 0 Å². The lowest BCUT2D eigenvalue weighted by Crippen LogP contribution is -2.12. The summed E-state index contributed by atoms with van der Waals surface area (Å²) in [6, 6.07) is 8.51. The average Bonchev–Trinajstić information content (AvgIpc) is 2.81. The van der Waals surface area contributed by atoms with Gasteiger partial charge in [-0.2, -0.15) is 0 Å². The van der Waals surface area contributed by atoms with Crippen LogP contribution >= 0.6 is 22.9 Å². The van der Waals surface area contributed by atoms with Gasteiger partial charge in [-0.05, 0) is 43.3 Å². The molecular formula is C14H15ClFNS. The Hall–Kier alpha value is -0.900. The second-order valence-electron chi connectivity index (χ2n) is 4.07. The van der Waals surface area contributed by atoms with Crippen molar-refractivity contribution >= 4 is 22.9 Å². The Bertz CT molecular complexity index is 524. The number of thiophene rings is 1. The SMILES string of the molecule is CCCNCc1ccc(-c2cc(F)ccc2Cl)s1. The van der Waals surface area contributed by atoms with Crippen molar-refractivity contribution in [3.8, 4) is 10.4 Å². The predicted molar refractivity (Wildman–Crippen MR) is 76.7 cm³/mol. The Balaban J connectivity index is 2.16. The highest BCUT2D eigenvalue weighted by Gasteiger charge is 2.08. The first-order valence-electron chi connectivity index (χ1n) is 5.95. The van der Waals surface area contributed by atoms with Crippen molar-refractivity contribution in [2.24, 2.45) is 0 Å². The molecular weight excluding hydrogens is 269 g/mol. The highest BCUT2D eigenvalue weighted by atomic mass is 35.5. The largest absolute Gasteiger partial charge is 0.312 e. The Morgan fingerprint density at radius 3 is 2.89 bits per heavy atom. The number of nitrogens with one attached hydrogen (secondary N) is 1. The molecule has 2 aromatic rings. The first-order valence-corrected chi connectivity index (χ1v) is 7.15. The first kappa shape index (κ1) is 13.5. The summed E-state index contributed by atoms with van der Waals surface area (Å²) in [5, 5.41) is 3.93. The second-order valence-corrected chi connectivity index (χ2v) is 5.64. The van der Waals surface area contributed by atoms with Gasteiger partial charge >= 0.3 is 0 Å². The zero-order chi connectivity index (χ0) is 13.0. The summed E-state index contributed by atoms with van der Waals surface area (Å²) >= 11 is 7.74. The van der Waals surface area contributed by atoms with Gasteiger partial charge in [0.1, 0.15) is 5.82 Å². The summed E-state index contributed by atoms with van der Waals surface area (Å²) < 4.78 is 13.2. The molecule has 0 saturated heterocycles. The molecule has 0 spiro atoms. The van der Waals surface area contributed by atoms with Crippen molar-refractivity contribution in [3.63, 3.8) is 0 Å². The van der Waals surface area contributed by atoms with E-state index in [9.17, 15) is 4.39 Å². The van der Waals surface area contributed by atoms with Gasteiger partial charge in [-0.25, -0.2) is 4.39 Å². The van der Waals surface area contributed by atoms with Crippen LogP contribution in [0, 0.1) is 5.82 Å². The Labute approximate surface area is 116 Å². The average molecular weight is 284 g/mol. The second kappa shape index (κ2) is 6.32. The van der Waals surface area contributed by atoms with Gasteiger partial charge < -0.3 is 5.32 Å². The fraction of sp³-hybridized carbons (Fsp3) is 0.286. The van der Waals surface area contributed by atoms with E-state index in [0.717, 1.165) is 30.0 Å². The molecule has 1 aromatic heterocycles. The van der Waals surface area contributed by atoms with E-state index in [1.807, 2.05) is 6.07 Å². The molecule has 0 atom stereocenters. The quantitative estimate of drug-likeness (QED) is 0.784. The van der Waals surface area contributed by atoms with E-state index in [2.05, 4.69) is 18.3 Å². The van der Waals surface area contributed by atoms with Crippen molar-refractivity contribution in [2.45, 2.75) is 19.9 Å². The van der Waals surface area contributed by atoms with Gasteiger partial charge in [-0.3, -0.25) is 0 Å². The van der Waals surface area contributed by atoms with Gasteiger partial charge in [-0.1, -0.05) is 18.5 Å². The van der Waals surface area contributed by atoms with Crippen LogP contribution in [0.5, 0.6) is 0 Å². The van der Waals surface area contributed by atoms with Crippen molar-refractivity contribution in [2.75, 3.05) is 6.54 Å². The molecule has 96 valence electrons. The summed E-state index contributed by atoms with van der Waals surface area (Å²) in [6.45, 7) is 4.00. The van der Waals surface area contributed by atoms with Crippen LogP contribution < -0.4 is 5.32 Å². The van der Waals surface area contributed by atoms with Gasteiger partial charge in [0.15, 0.2) is 0 Å². The van der Waals surface area contributed by atoms with Crippen LogP contribution in [-0.2, 0) is 6.54 Å². The molecule has 2 rings (SSSR count). The molecule has 0 radical (unpaired) electrons. The smallest absolute Gasteiger partial charge is 0.123 e. The molecule has 1 N–H and O–H groups in total. The molecule has 0 unspecified atom stereocenters. The number of halogens is 2. The van der Waals surface area contributed by atoms with Gasteiger partial charge in [0.05, 0.1) is 0 Å². The number of hydrogen-bond donors (Lipinski definition) is 1. The maximum absolute atomic E-state index is 13.2. The first-order chi connectivity index (χ1) is 8.70. The topological polar surface area (TPSA) is 12.0 Å². The van der Waals surface area contributed by atoms with Crippen LogP contribution in [0.25, 0.3) is 10.4 Å². The van der Waals surface area contributed by atoms with Crippen LogP contribution in [0.4, 0.5) is 4.39 Å². The standard InChI is InChI=1S/C14H15ClFNS/c1-2-7-17-9-11-4-6-14(18-11)12-8-10(16)3-5-13(12)15/h3-6,8,17H,2,7,9H2,1H3. The highest BCUT2D eigenvalue weighted by Crippen LogP contribution is 2.33. The molecule has 0 amide bonds. The molecule has 0 aliphatic heterocycles. The lowest BCUT2D eigenvalue weighted by atomic mass is 10.2. The normalized spacial score (nSPS) is 10.8. The number of benzene rings is 1.